The number of nitrogens with one attached hydrogen (secondary N) is 1. The normalized spacial score (nSPS) is 18.3. The van der Waals surface area contributed by atoms with Crippen LogP contribution in [0.2, 0.25) is 5.02 Å². The molecule has 0 aliphatic heterocycles. The van der Waals surface area contributed by atoms with E-state index in [1.54, 1.807) is 17.8 Å². The third kappa shape index (κ3) is 6.30. The van der Waals surface area contributed by atoms with E-state index in [0.717, 1.165) is 65.6 Å². The number of aromatic hydroxyl groups is 2. The lowest BCUT2D eigenvalue weighted by Gasteiger charge is -2.32. The predicted molar refractivity (Wildman–Crippen MR) is 127 cm³/mol. The minimum absolute atomic E-state index is 0.0271. The first-order chi connectivity index (χ1) is 14.6. The van der Waals surface area contributed by atoms with Gasteiger partial charge in [0.15, 0.2) is 11.5 Å². The molecule has 0 radical (unpaired) electrons. The predicted octanol–water partition coefficient (Wildman–Crippen LogP) is 5.44. The van der Waals surface area contributed by atoms with E-state index < -0.39 is 0 Å². The van der Waals surface area contributed by atoms with E-state index in [4.69, 9.17) is 17.3 Å². The molecule has 1 aliphatic rings. The van der Waals surface area contributed by atoms with Gasteiger partial charge in [-0.1, -0.05) is 49.1 Å². The van der Waals surface area contributed by atoms with Crippen molar-refractivity contribution in [2.24, 2.45) is 5.73 Å². The Kier molecular flexibility index (Phi) is 9.19. The Bertz CT molecular complexity index is 818. The molecule has 2 aromatic rings. The smallest absolute Gasteiger partial charge is 0.160 e. The second-order valence-corrected chi connectivity index (χ2v) is 9.59. The average Bonchev–Trinajstić information content (AvgIpc) is 2.74. The number of halogens is 1. The Morgan fingerprint density at radius 3 is 2.67 bits per heavy atom. The Hall–Kier alpha value is -1.40. The molecule has 2 atom stereocenters. The first-order valence-corrected chi connectivity index (χ1v) is 12.3. The quantitative estimate of drug-likeness (QED) is 0.209. The van der Waals surface area contributed by atoms with Gasteiger partial charge in [0.05, 0.1) is 5.02 Å². The number of hydrogen-bond donors (Lipinski definition) is 4. The van der Waals surface area contributed by atoms with Gasteiger partial charge in [-0.2, -0.15) is 0 Å². The summed E-state index contributed by atoms with van der Waals surface area (Å²) in [6, 6.07) is 11.6. The van der Waals surface area contributed by atoms with Gasteiger partial charge in [-0.05, 0) is 61.9 Å². The first kappa shape index (κ1) is 23.3. The van der Waals surface area contributed by atoms with Gasteiger partial charge in [-0.15, -0.1) is 11.8 Å². The summed E-state index contributed by atoms with van der Waals surface area (Å²) in [6.45, 7) is 2.03. The highest BCUT2D eigenvalue weighted by Gasteiger charge is 2.29. The second-order valence-electron chi connectivity index (χ2n) is 8.04. The van der Waals surface area contributed by atoms with Crippen LogP contribution < -0.4 is 11.1 Å². The molecule has 0 saturated carbocycles. The van der Waals surface area contributed by atoms with Gasteiger partial charge >= 0.3 is 0 Å². The van der Waals surface area contributed by atoms with Gasteiger partial charge in [0.25, 0.3) is 0 Å². The fourth-order valence-corrected chi connectivity index (χ4v) is 5.40. The fourth-order valence-electron chi connectivity index (χ4n) is 4.25. The zero-order valence-corrected chi connectivity index (χ0v) is 19.0. The van der Waals surface area contributed by atoms with Crippen LogP contribution in [0.4, 0.5) is 0 Å². The number of benzene rings is 2. The number of thioether (sulfide) groups is 1. The molecule has 3 rings (SSSR count). The molecular weight excluding hydrogens is 416 g/mol. The number of unbranched alkanes of at least 4 members (excludes halogenated alkanes) is 3. The van der Waals surface area contributed by atoms with Crippen LogP contribution in [0.1, 0.15) is 55.6 Å². The number of nitrogens with two attached hydrogens (primary N) is 1. The van der Waals surface area contributed by atoms with E-state index in [1.807, 2.05) is 24.3 Å². The van der Waals surface area contributed by atoms with Gasteiger partial charge in [-0.25, -0.2) is 0 Å². The highest BCUT2D eigenvalue weighted by atomic mass is 35.5. The third-order valence-electron chi connectivity index (χ3n) is 5.93. The van der Waals surface area contributed by atoms with Crippen molar-refractivity contribution in [2.75, 3.05) is 18.8 Å². The number of phenols is 2. The van der Waals surface area contributed by atoms with Crippen molar-refractivity contribution in [3.63, 3.8) is 0 Å². The maximum atomic E-state index is 10.2. The maximum Gasteiger partial charge on any atom is 0.160 e. The zero-order chi connectivity index (χ0) is 21.3. The van der Waals surface area contributed by atoms with Crippen LogP contribution in [-0.2, 0) is 6.42 Å². The Morgan fingerprint density at radius 1 is 1.03 bits per heavy atom. The lowest BCUT2D eigenvalue weighted by Crippen LogP contribution is -2.33. The molecule has 0 heterocycles. The molecule has 5 N–H and O–H groups in total. The van der Waals surface area contributed by atoms with E-state index in [9.17, 15) is 10.2 Å². The van der Waals surface area contributed by atoms with Crippen LogP contribution >= 0.6 is 23.4 Å². The van der Waals surface area contributed by atoms with Crippen LogP contribution in [0.5, 0.6) is 11.5 Å². The van der Waals surface area contributed by atoms with Crippen molar-refractivity contribution >= 4 is 23.4 Å². The maximum absolute atomic E-state index is 10.2. The van der Waals surface area contributed by atoms with Gasteiger partial charge in [0.2, 0.25) is 0 Å². The standard InChI is InChI=1S/C24H33ClN2O2S/c25-20-8-4-5-9-23(20)30-16-15-27-14-6-2-1-3-7-18-17-11-13-22(28)24(29)19(17)10-12-21(18)26/h4-5,8-9,11,13,18,21,27-29H,1-3,6-7,10,12,14-16,26H2. The molecule has 0 aromatic heterocycles. The van der Waals surface area contributed by atoms with Crippen LogP contribution in [0.25, 0.3) is 0 Å². The average molecular weight is 449 g/mol. The number of rotatable bonds is 11. The molecule has 0 amide bonds. The summed E-state index contributed by atoms with van der Waals surface area (Å²) in [7, 11) is 0. The molecule has 1 aliphatic carbocycles. The molecule has 164 valence electrons. The summed E-state index contributed by atoms with van der Waals surface area (Å²) >= 11 is 7.96. The summed E-state index contributed by atoms with van der Waals surface area (Å²) in [6.07, 6.45) is 7.37. The van der Waals surface area contributed by atoms with Crippen LogP contribution in [0.3, 0.4) is 0 Å². The fraction of sp³-hybridized carbons (Fsp3) is 0.500. The summed E-state index contributed by atoms with van der Waals surface area (Å²) < 4.78 is 0. The first-order valence-electron chi connectivity index (χ1n) is 10.9. The van der Waals surface area contributed by atoms with Crippen molar-refractivity contribution < 1.29 is 10.2 Å². The molecule has 0 fully saturated rings. The molecule has 6 heteroatoms. The van der Waals surface area contributed by atoms with Crippen molar-refractivity contribution in [3.8, 4) is 11.5 Å². The van der Waals surface area contributed by atoms with Gasteiger partial charge in [0, 0.05) is 28.8 Å². The lowest BCUT2D eigenvalue weighted by atomic mass is 9.76. The van der Waals surface area contributed by atoms with E-state index in [1.165, 1.54) is 19.3 Å². The molecule has 0 saturated heterocycles. The Balaban J connectivity index is 1.28. The number of fused-ring (bicyclic) bond motifs is 1. The van der Waals surface area contributed by atoms with Crippen LogP contribution in [0, 0.1) is 0 Å². The SMILES string of the molecule is NC1CCc2c(ccc(O)c2O)C1CCCCCCNCCSc1ccccc1Cl. The summed E-state index contributed by atoms with van der Waals surface area (Å²) in [4.78, 5) is 1.15. The van der Waals surface area contributed by atoms with Gasteiger partial charge in [0.1, 0.15) is 0 Å². The van der Waals surface area contributed by atoms with E-state index in [0.29, 0.717) is 0 Å². The molecular formula is C24H33ClN2O2S. The molecule has 0 bridgehead atoms. The number of hydrogen-bond acceptors (Lipinski definition) is 5. The largest absolute Gasteiger partial charge is 0.504 e. The van der Waals surface area contributed by atoms with Crippen molar-refractivity contribution in [3.05, 3.63) is 52.5 Å². The lowest BCUT2D eigenvalue weighted by molar-refractivity contribution is 0.380. The van der Waals surface area contributed by atoms with Gasteiger partial charge in [-0.3, -0.25) is 0 Å². The summed E-state index contributed by atoms with van der Waals surface area (Å²) in [5.74, 6) is 1.31. The topological polar surface area (TPSA) is 78.5 Å². The van der Waals surface area contributed by atoms with Crippen LogP contribution in [0.15, 0.2) is 41.3 Å². The van der Waals surface area contributed by atoms with E-state index in [-0.39, 0.29) is 23.5 Å². The highest BCUT2D eigenvalue weighted by molar-refractivity contribution is 7.99. The molecule has 30 heavy (non-hydrogen) atoms. The minimum atomic E-state index is -0.0271. The molecule has 2 aromatic carbocycles. The molecule has 4 nitrogen and oxygen atoms in total. The Morgan fingerprint density at radius 2 is 1.83 bits per heavy atom. The summed E-state index contributed by atoms with van der Waals surface area (Å²) in [5.41, 5.74) is 8.39. The summed E-state index contributed by atoms with van der Waals surface area (Å²) in [5, 5.41) is 24.2. The van der Waals surface area contributed by atoms with Crippen molar-refractivity contribution in [1.29, 1.82) is 0 Å². The Labute approximate surface area is 189 Å². The third-order valence-corrected chi connectivity index (χ3v) is 7.45. The van der Waals surface area contributed by atoms with E-state index in [2.05, 4.69) is 11.4 Å². The zero-order valence-electron chi connectivity index (χ0n) is 17.4. The molecule has 2 unspecified atom stereocenters. The van der Waals surface area contributed by atoms with Crippen molar-refractivity contribution in [2.45, 2.75) is 61.8 Å². The van der Waals surface area contributed by atoms with Crippen molar-refractivity contribution in [1.82, 2.24) is 5.32 Å². The van der Waals surface area contributed by atoms with Gasteiger partial charge < -0.3 is 21.3 Å². The highest BCUT2D eigenvalue weighted by Crippen LogP contribution is 2.42. The molecule has 0 spiro atoms. The monoisotopic (exact) mass is 448 g/mol. The second kappa shape index (κ2) is 11.8. The number of phenolic OH excluding ortho intramolecular Hbond substituents is 2. The van der Waals surface area contributed by atoms with E-state index >= 15 is 0 Å². The minimum Gasteiger partial charge on any atom is -0.504 e. The van der Waals surface area contributed by atoms with Crippen LogP contribution in [-0.4, -0.2) is 35.1 Å².